The van der Waals surface area contributed by atoms with Crippen molar-refractivity contribution in [3.63, 3.8) is 0 Å². The number of amides is 1. The predicted molar refractivity (Wildman–Crippen MR) is 173 cm³/mol. The molecule has 1 aliphatic rings. The minimum atomic E-state index is -0.727. The third-order valence-electron chi connectivity index (χ3n) is 8.36. The number of benzene rings is 2. The fourth-order valence-corrected chi connectivity index (χ4v) is 5.64. The average Bonchev–Trinajstić information content (AvgIpc) is 3.73. The maximum atomic E-state index is 12.2. The van der Waals surface area contributed by atoms with Crippen LogP contribution in [-0.4, -0.2) is 34.7 Å². The fraction of sp³-hybridized carbons (Fsp3) is 0.500. The molecule has 1 saturated carbocycles. The first-order chi connectivity index (χ1) is 20.0. The summed E-state index contributed by atoms with van der Waals surface area (Å²) in [5.74, 6) is 0.698. The van der Waals surface area contributed by atoms with E-state index < -0.39 is 12.1 Å². The molecule has 0 radical (unpaired) electrons. The van der Waals surface area contributed by atoms with E-state index in [1.54, 1.807) is 0 Å². The van der Waals surface area contributed by atoms with E-state index in [0.29, 0.717) is 13.0 Å². The van der Waals surface area contributed by atoms with E-state index in [2.05, 4.69) is 91.1 Å². The van der Waals surface area contributed by atoms with Gasteiger partial charge >= 0.3 is 0 Å². The van der Waals surface area contributed by atoms with Crippen LogP contribution >= 0.6 is 0 Å². The molecule has 0 saturated heterocycles. The molecule has 0 bridgehead atoms. The number of rotatable bonds is 14. The summed E-state index contributed by atoms with van der Waals surface area (Å²) in [6.45, 7) is 12.8. The Morgan fingerprint density at radius 2 is 1.81 bits per heavy atom. The van der Waals surface area contributed by atoms with Crippen LogP contribution in [0.5, 0.6) is 0 Å². The molecule has 1 heterocycles. The topological polar surface area (TPSA) is 86.3 Å². The van der Waals surface area contributed by atoms with Crippen LogP contribution in [0.4, 0.5) is 11.5 Å². The Balaban J connectivity index is 1.48. The Labute approximate surface area is 252 Å². The van der Waals surface area contributed by atoms with Crippen LogP contribution in [0.1, 0.15) is 94.7 Å². The molecule has 0 spiro atoms. The third kappa shape index (κ3) is 8.65. The second kappa shape index (κ2) is 13.8. The summed E-state index contributed by atoms with van der Waals surface area (Å²) in [5, 5.41) is 21.6. The number of nitrogens with zero attached hydrogens (tertiary/aromatic N) is 1. The normalized spacial score (nSPS) is 15.6. The van der Waals surface area contributed by atoms with Crippen LogP contribution in [0.3, 0.4) is 0 Å². The van der Waals surface area contributed by atoms with E-state index in [9.17, 15) is 9.90 Å². The number of aryl methyl sites for hydroxylation is 2. The monoisotopic (exact) mass is 570 g/mol. The molecule has 42 heavy (non-hydrogen) atoms. The molecular formula is C36H50N4O2. The number of carbonyl (C=O) groups is 1. The van der Waals surface area contributed by atoms with E-state index in [0.717, 1.165) is 54.9 Å². The fourth-order valence-electron chi connectivity index (χ4n) is 5.64. The van der Waals surface area contributed by atoms with Gasteiger partial charge in [-0.2, -0.15) is 0 Å². The van der Waals surface area contributed by atoms with Gasteiger partial charge in [0, 0.05) is 30.4 Å². The number of aliphatic hydroxyl groups is 1. The van der Waals surface area contributed by atoms with Gasteiger partial charge in [-0.3, -0.25) is 4.79 Å². The van der Waals surface area contributed by atoms with Crippen molar-refractivity contribution in [1.29, 1.82) is 0 Å². The predicted octanol–water partition coefficient (Wildman–Crippen LogP) is 6.85. The number of carbonyl (C=O) groups excluding carboxylic acids is 1. The number of hydrogen-bond acceptors (Lipinski definition) is 5. The lowest BCUT2D eigenvalue weighted by Crippen LogP contribution is -2.49. The summed E-state index contributed by atoms with van der Waals surface area (Å²) in [6.07, 6.45) is 6.32. The Hall–Kier alpha value is -3.22. The molecule has 4 rings (SSSR count). The SMILES string of the molecule is CCCCCc1cc(C[C@H](NC(C)=O)[C@H](O)CNC2(c3cccc(C(C)(C)C)c3)CC2)ccc1Nc1cccc(C)n1. The molecule has 0 unspecified atom stereocenters. The number of anilines is 2. The molecular weight excluding hydrogens is 520 g/mol. The molecule has 3 aromatic rings. The lowest BCUT2D eigenvalue weighted by Gasteiger charge is -2.28. The van der Waals surface area contributed by atoms with Crippen molar-refractivity contribution in [3.8, 4) is 0 Å². The Morgan fingerprint density at radius 3 is 2.48 bits per heavy atom. The van der Waals surface area contributed by atoms with Gasteiger partial charge < -0.3 is 21.1 Å². The lowest BCUT2D eigenvalue weighted by molar-refractivity contribution is -0.120. The summed E-state index contributed by atoms with van der Waals surface area (Å²) in [6, 6.07) is 20.8. The Morgan fingerprint density at radius 1 is 1.05 bits per heavy atom. The number of aromatic nitrogens is 1. The quantitative estimate of drug-likeness (QED) is 0.159. The first-order valence-electron chi connectivity index (χ1n) is 15.6. The summed E-state index contributed by atoms with van der Waals surface area (Å²) in [5.41, 5.74) is 6.93. The summed E-state index contributed by atoms with van der Waals surface area (Å²) >= 11 is 0. The van der Waals surface area contributed by atoms with Gasteiger partial charge in [0.15, 0.2) is 0 Å². The van der Waals surface area contributed by atoms with Gasteiger partial charge in [0.25, 0.3) is 0 Å². The number of pyridine rings is 1. The molecule has 0 aliphatic heterocycles. The highest BCUT2D eigenvalue weighted by molar-refractivity contribution is 5.73. The van der Waals surface area contributed by atoms with Gasteiger partial charge in [-0.05, 0) is 84.9 Å². The molecule has 1 aliphatic carbocycles. The summed E-state index contributed by atoms with van der Waals surface area (Å²) < 4.78 is 0. The highest BCUT2D eigenvalue weighted by atomic mass is 16.3. The van der Waals surface area contributed by atoms with Gasteiger partial charge in [-0.25, -0.2) is 4.98 Å². The van der Waals surface area contributed by atoms with E-state index in [1.807, 2.05) is 25.1 Å². The molecule has 2 atom stereocenters. The van der Waals surface area contributed by atoms with Crippen LogP contribution < -0.4 is 16.0 Å². The number of hydrogen-bond donors (Lipinski definition) is 4. The molecule has 2 aromatic carbocycles. The zero-order chi connectivity index (χ0) is 30.3. The van der Waals surface area contributed by atoms with Crippen LogP contribution in [0.2, 0.25) is 0 Å². The molecule has 4 N–H and O–H groups in total. The first-order valence-corrected chi connectivity index (χ1v) is 15.6. The van der Waals surface area contributed by atoms with Gasteiger partial charge in [0.2, 0.25) is 5.91 Å². The maximum Gasteiger partial charge on any atom is 0.217 e. The molecule has 6 nitrogen and oxygen atoms in total. The zero-order valence-electron chi connectivity index (χ0n) is 26.4. The average molecular weight is 571 g/mol. The van der Waals surface area contributed by atoms with Crippen LogP contribution in [-0.2, 0) is 28.6 Å². The number of unbranched alkanes of at least 4 members (excludes halogenated alkanes) is 2. The maximum absolute atomic E-state index is 12.2. The standard InChI is InChI=1S/C36H50N4O2/c1-7-8-9-13-28-21-27(17-18-31(28)40-34-16-10-12-25(2)38-34)22-32(39-26(3)41)33(42)24-37-36(19-20-36)30-15-11-14-29(23-30)35(4,5)6/h10-12,14-18,21,23,32-33,37,42H,7-9,13,19-20,22,24H2,1-6H3,(H,38,40)(H,39,41)/t32-,33+/m0/s1. The van der Waals surface area contributed by atoms with Crippen molar-refractivity contribution in [2.45, 2.75) is 110 Å². The first kappa shape index (κ1) is 31.7. The summed E-state index contributed by atoms with van der Waals surface area (Å²) in [4.78, 5) is 16.8. The van der Waals surface area contributed by atoms with Crippen molar-refractivity contribution in [2.75, 3.05) is 11.9 Å². The van der Waals surface area contributed by atoms with Gasteiger partial charge in [-0.15, -0.1) is 0 Å². The molecule has 6 heteroatoms. The van der Waals surface area contributed by atoms with Crippen molar-refractivity contribution >= 4 is 17.4 Å². The lowest BCUT2D eigenvalue weighted by atomic mass is 9.85. The van der Waals surface area contributed by atoms with Crippen LogP contribution in [0, 0.1) is 6.92 Å². The van der Waals surface area contributed by atoms with Gasteiger partial charge in [0.1, 0.15) is 5.82 Å². The van der Waals surface area contributed by atoms with Crippen LogP contribution in [0.15, 0.2) is 60.7 Å². The van der Waals surface area contributed by atoms with Crippen molar-refractivity contribution < 1.29 is 9.90 Å². The van der Waals surface area contributed by atoms with Gasteiger partial charge in [-0.1, -0.05) is 83.0 Å². The summed E-state index contributed by atoms with van der Waals surface area (Å²) in [7, 11) is 0. The van der Waals surface area contributed by atoms with Gasteiger partial charge in [0.05, 0.1) is 12.1 Å². The van der Waals surface area contributed by atoms with Crippen LogP contribution in [0.25, 0.3) is 0 Å². The Bertz CT molecular complexity index is 1340. The van der Waals surface area contributed by atoms with E-state index in [4.69, 9.17) is 0 Å². The smallest absolute Gasteiger partial charge is 0.217 e. The molecule has 226 valence electrons. The second-order valence-corrected chi connectivity index (χ2v) is 13.1. The van der Waals surface area contributed by atoms with Crippen molar-refractivity contribution in [3.05, 3.63) is 88.6 Å². The second-order valence-electron chi connectivity index (χ2n) is 13.1. The zero-order valence-corrected chi connectivity index (χ0v) is 26.4. The Kier molecular flexibility index (Phi) is 10.4. The minimum Gasteiger partial charge on any atom is -0.390 e. The van der Waals surface area contributed by atoms with E-state index in [1.165, 1.54) is 30.0 Å². The minimum absolute atomic E-state index is 0.0825. The molecule has 1 aromatic heterocycles. The number of nitrogens with one attached hydrogen (secondary N) is 3. The number of aliphatic hydroxyl groups excluding tert-OH is 1. The van der Waals surface area contributed by atoms with Crippen molar-refractivity contribution in [1.82, 2.24) is 15.6 Å². The highest BCUT2D eigenvalue weighted by Gasteiger charge is 2.44. The van der Waals surface area contributed by atoms with E-state index >= 15 is 0 Å². The molecule has 1 fully saturated rings. The largest absolute Gasteiger partial charge is 0.390 e. The third-order valence-corrected chi connectivity index (χ3v) is 8.36. The van der Waals surface area contributed by atoms with E-state index in [-0.39, 0.29) is 16.9 Å². The molecule has 1 amide bonds. The van der Waals surface area contributed by atoms with Crippen molar-refractivity contribution in [2.24, 2.45) is 0 Å². The highest BCUT2D eigenvalue weighted by Crippen LogP contribution is 2.46.